The summed E-state index contributed by atoms with van der Waals surface area (Å²) in [7, 11) is 0. The first-order valence-corrected chi connectivity index (χ1v) is 7.42. The van der Waals surface area contributed by atoms with E-state index in [-0.39, 0.29) is 0 Å². The third kappa shape index (κ3) is 1.94. The van der Waals surface area contributed by atoms with Crippen molar-refractivity contribution in [2.45, 2.75) is 6.17 Å². The summed E-state index contributed by atoms with van der Waals surface area (Å²) >= 11 is 12.5. The number of rotatable bonds is 1. The summed E-state index contributed by atoms with van der Waals surface area (Å²) in [5.41, 5.74) is 8.48. The molecule has 1 aliphatic heterocycles. The number of benzene rings is 2. The van der Waals surface area contributed by atoms with E-state index < -0.39 is 6.17 Å². The number of hydrogen-bond acceptors (Lipinski definition) is 4. The van der Waals surface area contributed by atoms with Crippen molar-refractivity contribution < 1.29 is 0 Å². The van der Waals surface area contributed by atoms with Gasteiger partial charge in [0.15, 0.2) is 12.1 Å². The summed E-state index contributed by atoms with van der Waals surface area (Å²) in [5.74, 6) is 0.929. The molecule has 2 aromatic carbocycles. The van der Waals surface area contributed by atoms with Crippen molar-refractivity contribution in [3.63, 3.8) is 0 Å². The van der Waals surface area contributed by atoms with Crippen LogP contribution in [-0.4, -0.2) is 15.5 Å². The molecule has 22 heavy (non-hydrogen) atoms. The molecule has 0 radical (unpaired) electrons. The van der Waals surface area contributed by atoms with Crippen molar-refractivity contribution in [3.05, 3.63) is 58.1 Å². The van der Waals surface area contributed by atoms with E-state index in [1.54, 1.807) is 6.07 Å². The van der Waals surface area contributed by atoms with Crippen LogP contribution < -0.4 is 11.1 Å². The fraction of sp³-hybridized carbons (Fsp3) is 0.0667. The third-order valence-corrected chi connectivity index (χ3v) is 4.43. The summed E-state index contributed by atoms with van der Waals surface area (Å²) in [6.07, 6.45) is -0.408. The number of nitrogens with one attached hydrogen (secondary N) is 1. The van der Waals surface area contributed by atoms with Gasteiger partial charge in [-0.3, -0.25) is 9.88 Å². The highest BCUT2D eigenvalue weighted by Gasteiger charge is 2.26. The molecular weight excluding hydrogens is 321 g/mol. The van der Waals surface area contributed by atoms with E-state index in [2.05, 4.69) is 15.3 Å². The Balaban J connectivity index is 2.00. The van der Waals surface area contributed by atoms with Crippen LogP contribution in [0.15, 0.2) is 47.5 Å². The molecule has 110 valence electrons. The molecule has 1 atom stereocenters. The molecule has 3 aromatic rings. The van der Waals surface area contributed by atoms with Gasteiger partial charge in [0.1, 0.15) is 0 Å². The highest BCUT2D eigenvalue weighted by Crippen LogP contribution is 2.37. The normalized spacial score (nSPS) is 17.0. The maximum atomic E-state index is 6.36. The zero-order valence-corrected chi connectivity index (χ0v) is 12.8. The standard InChI is InChI=1S/C15H11Cl2N5/c16-9-5-3-4-8(12(9)17)13-20-14(18)21-15-19-10-6-1-2-7-11(10)22(13)15/h1-7,13H,(H3,18,19,20,21)/t13-/m0/s1. The molecule has 0 saturated heterocycles. The number of hydrogen-bond donors (Lipinski definition) is 2. The minimum atomic E-state index is -0.408. The molecule has 0 fully saturated rings. The molecule has 0 amide bonds. The van der Waals surface area contributed by atoms with E-state index in [4.69, 9.17) is 28.9 Å². The fourth-order valence-corrected chi connectivity index (χ4v) is 3.05. The molecule has 0 unspecified atom stereocenters. The molecule has 0 saturated carbocycles. The Hall–Kier alpha value is -2.24. The number of nitrogens with two attached hydrogens (primary N) is 1. The van der Waals surface area contributed by atoms with Gasteiger partial charge in [0.2, 0.25) is 5.95 Å². The average molecular weight is 332 g/mol. The predicted octanol–water partition coefficient (Wildman–Crippen LogP) is 3.63. The van der Waals surface area contributed by atoms with Crippen molar-refractivity contribution >= 4 is 46.1 Å². The molecular formula is C15H11Cl2N5. The van der Waals surface area contributed by atoms with E-state index >= 15 is 0 Å². The topological polar surface area (TPSA) is 68.2 Å². The van der Waals surface area contributed by atoms with Gasteiger partial charge in [0, 0.05) is 5.56 Å². The smallest absolute Gasteiger partial charge is 0.212 e. The molecule has 4 rings (SSSR count). The van der Waals surface area contributed by atoms with E-state index in [1.165, 1.54) is 0 Å². The minimum Gasteiger partial charge on any atom is -0.370 e. The number of halogens is 2. The number of imidazole rings is 1. The van der Waals surface area contributed by atoms with Crippen LogP contribution in [0.2, 0.25) is 10.0 Å². The van der Waals surface area contributed by atoms with Gasteiger partial charge in [0.25, 0.3) is 0 Å². The van der Waals surface area contributed by atoms with Gasteiger partial charge in [-0.15, -0.1) is 0 Å². The Kier molecular flexibility index (Phi) is 2.99. The van der Waals surface area contributed by atoms with Gasteiger partial charge >= 0.3 is 0 Å². The summed E-state index contributed by atoms with van der Waals surface area (Å²) < 4.78 is 1.96. The van der Waals surface area contributed by atoms with E-state index in [0.717, 1.165) is 16.6 Å². The SMILES string of the molecule is NC1=N[C@H](c2cccc(Cl)c2Cl)n2c(nc3ccccc32)N1. The third-order valence-electron chi connectivity index (χ3n) is 3.60. The lowest BCUT2D eigenvalue weighted by Gasteiger charge is -2.24. The molecule has 3 N–H and O–H groups in total. The Bertz CT molecular complexity index is 915. The first-order valence-electron chi connectivity index (χ1n) is 6.66. The van der Waals surface area contributed by atoms with Gasteiger partial charge in [0.05, 0.1) is 21.1 Å². The lowest BCUT2D eigenvalue weighted by molar-refractivity contribution is 0.626. The van der Waals surface area contributed by atoms with E-state index in [0.29, 0.717) is 22.0 Å². The maximum absolute atomic E-state index is 6.36. The lowest BCUT2D eigenvalue weighted by Crippen LogP contribution is -2.31. The number of nitrogens with zero attached hydrogens (tertiary/aromatic N) is 3. The van der Waals surface area contributed by atoms with Crippen LogP contribution >= 0.6 is 23.2 Å². The van der Waals surface area contributed by atoms with Gasteiger partial charge < -0.3 is 5.73 Å². The minimum absolute atomic E-state index is 0.295. The second kappa shape index (κ2) is 4.90. The van der Waals surface area contributed by atoms with Crippen molar-refractivity contribution in [2.24, 2.45) is 10.7 Å². The fourth-order valence-electron chi connectivity index (χ4n) is 2.65. The van der Waals surface area contributed by atoms with Gasteiger partial charge in [-0.2, -0.15) is 0 Å². The van der Waals surface area contributed by atoms with Crippen molar-refractivity contribution in [2.75, 3.05) is 5.32 Å². The van der Waals surface area contributed by atoms with Crippen LogP contribution in [0, 0.1) is 0 Å². The van der Waals surface area contributed by atoms with Gasteiger partial charge in [-0.1, -0.05) is 47.5 Å². The van der Waals surface area contributed by atoms with Crippen molar-refractivity contribution in [1.82, 2.24) is 9.55 Å². The molecule has 2 heterocycles. The molecule has 1 aliphatic rings. The number of guanidine groups is 1. The van der Waals surface area contributed by atoms with Crippen LogP contribution in [0.25, 0.3) is 11.0 Å². The van der Waals surface area contributed by atoms with Gasteiger partial charge in [-0.25, -0.2) is 9.98 Å². The molecule has 1 aromatic heterocycles. The Morgan fingerprint density at radius 1 is 1.09 bits per heavy atom. The number of aliphatic imine (C=N–C) groups is 1. The second-order valence-electron chi connectivity index (χ2n) is 4.95. The molecule has 7 heteroatoms. The Labute approximate surface area is 136 Å². The van der Waals surface area contributed by atoms with Crippen LogP contribution in [0.4, 0.5) is 5.95 Å². The Morgan fingerprint density at radius 2 is 1.91 bits per heavy atom. The van der Waals surface area contributed by atoms with Crippen LogP contribution in [0.1, 0.15) is 11.7 Å². The zero-order chi connectivity index (χ0) is 15.3. The highest BCUT2D eigenvalue weighted by atomic mass is 35.5. The monoisotopic (exact) mass is 331 g/mol. The summed E-state index contributed by atoms with van der Waals surface area (Å²) in [5, 5.41) is 3.94. The quantitative estimate of drug-likeness (QED) is 0.715. The number of anilines is 1. The number of fused-ring (bicyclic) bond motifs is 3. The Morgan fingerprint density at radius 3 is 2.77 bits per heavy atom. The lowest BCUT2D eigenvalue weighted by atomic mass is 10.1. The van der Waals surface area contributed by atoms with E-state index in [9.17, 15) is 0 Å². The van der Waals surface area contributed by atoms with Crippen molar-refractivity contribution in [1.29, 1.82) is 0 Å². The maximum Gasteiger partial charge on any atom is 0.212 e. The van der Waals surface area contributed by atoms with E-state index in [1.807, 2.05) is 41.0 Å². The molecule has 5 nitrogen and oxygen atoms in total. The van der Waals surface area contributed by atoms with Crippen LogP contribution in [0.3, 0.4) is 0 Å². The van der Waals surface area contributed by atoms with Crippen LogP contribution in [0.5, 0.6) is 0 Å². The van der Waals surface area contributed by atoms with Gasteiger partial charge in [-0.05, 0) is 18.2 Å². The zero-order valence-electron chi connectivity index (χ0n) is 11.3. The first-order chi connectivity index (χ1) is 10.6. The summed E-state index contributed by atoms with van der Waals surface area (Å²) in [6.45, 7) is 0. The number of aromatic nitrogens is 2. The first kappa shape index (κ1) is 13.4. The van der Waals surface area contributed by atoms with Crippen LogP contribution in [-0.2, 0) is 0 Å². The van der Waals surface area contributed by atoms with Crippen molar-refractivity contribution in [3.8, 4) is 0 Å². The molecule has 0 aliphatic carbocycles. The average Bonchev–Trinajstić information content (AvgIpc) is 2.87. The largest absolute Gasteiger partial charge is 0.370 e. The highest BCUT2D eigenvalue weighted by molar-refractivity contribution is 6.42. The summed E-state index contributed by atoms with van der Waals surface area (Å²) in [4.78, 5) is 9.03. The number of para-hydroxylation sites is 2. The molecule has 0 bridgehead atoms. The predicted molar refractivity (Wildman–Crippen MR) is 89.6 cm³/mol. The molecule has 0 spiro atoms. The second-order valence-corrected chi connectivity index (χ2v) is 5.74. The summed E-state index contributed by atoms with van der Waals surface area (Å²) in [6, 6.07) is 13.3.